The van der Waals surface area contributed by atoms with Gasteiger partial charge in [0.05, 0.1) is 0 Å². The Labute approximate surface area is 155 Å². The maximum atomic E-state index is 11.2. The summed E-state index contributed by atoms with van der Waals surface area (Å²) in [6.45, 7) is 2.03. The van der Waals surface area contributed by atoms with Gasteiger partial charge in [-0.3, -0.25) is 25.0 Å². The molecule has 0 aromatic carbocycles. The monoisotopic (exact) mass is 373 g/mol. The second kappa shape index (κ2) is 15.7. The lowest BCUT2D eigenvalue weighted by Crippen LogP contribution is -2.25. The highest BCUT2D eigenvalue weighted by Gasteiger charge is 2.26. The number of nitro groups is 2. The van der Waals surface area contributed by atoms with Crippen molar-refractivity contribution in [1.29, 1.82) is 0 Å². The molecular formula is C18H33N2O6. The largest absolute Gasteiger partial charge is 0.385 e. The van der Waals surface area contributed by atoms with Gasteiger partial charge in [0.25, 0.3) is 0 Å². The molecule has 151 valence electrons. The summed E-state index contributed by atoms with van der Waals surface area (Å²) in [5.41, 5.74) is 0. The lowest BCUT2D eigenvalue weighted by Gasteiger charge is -2.12. The van der Waals surface area contributed by atoms with Crippen molar-refractivity contribution in [2.75, 3.05) is 0 Å². The zero-order valence-corrected chi connectivity index (χ0v) is 15.8. The Morgan fingerprint density at radius 1 is 0.769 bits per heavy atom. The van der Waals surface area contributed by atoms with Gasteiger partial charge in [-0.25, -0.2) is 0 Å². The normalized spacial score (nSPS) is 14.5. The molecule has 0 saturated carbocycles. The van der Waals surface area contributed by atoms with Gasteiger partial charge in [0.1, 0.15) is 6.10 Å². The van der Waals surface area contributed by atoms with Gasteiger partial charge >= 0.3 is 0 Å². The van der Waals surface area contributed by atoms with Crippen LogP contribution >= 0.6 is 0 Å². The number of aliphatic hydroxyl groups is 1. The number of hydrogen-bond acceptors (Lipinski definition) is 6. The van der Waals surface area contributed by atoms with Crippen molar-refractivity contribution >= 4 is 6.29 Å². The van der Waals surface area contributed by atoms with Crippen molar-refractivity contribution in [3.8, 4) is 0 Å². The van der Waals surface area contributed by atoms with Gasteiger partial charge in [-0.15, -0.1) is 0 Å². The molecule has 0 aliphatic heterocycles. The Kier molecular flexibility index (Phi) is 14.7. The highest BCUT2D eigenvalue weighted by Crippen LogP contribution is 2.18. The lowest BCUT2D eigenvalue weighted by molar-refractivity contribution is -0.539. The fourth-order valence-corrected chi connectivity index (χ4v) is 3.03. The lowest BCUT2D eigenvalue weighted by atomic mass is 9.98. The topological polar surface area (TPSA) is 124 Å². The summed E-state index contributed by atoms with van der Waals surface area (Å²) >= 11 is 0. The first-order chi connectivity index (χ1) is 12.4. The van der Waals surface area contributed by atoms with Crippen molar-refractivity contribution in [2.24, 2.45) is 0 Å². The quantitative estimate of drug-likeness (QED) is 0.221. The summed E-state index contributed by atoms with van der Waals surface area (Å²) in [6, 6.07) is -1.39. The van der Waals surface area contributed by atoms with E-state index in [1.54, 1.807) is 0 Å². The molecule has 0 spiro atoms. The van der Waals surface area contributed by atoms with E-state index in [-0.39, 0.29) is 22.7 Å². The van der Waals surface area contributed by atoms with Gasteiger partial charge in [-0.2, -0.15) is 0 Å². The predicted octanol–water partition coefficient (Wildman–Crippen LogP) is 3.84. The van der Waals surface area contributed by atoms with Crippen LogP contribution in [0.25, 0.3) is 0 Å². The second-order valence-electron chi connectivity index (χ2n) is 6.93. The zero-order valence-electron chi connectivity index (χ0n) is 15.8. The SMILES string of the molecule is CCCCCC(CCC(CCCCCCCC(O)[C]=O)[N+](=O)[O-])[N+](=O)[O-]. The van der Waals surface area contributed by atoms with Crippen LogP contribution in [0.1, 0.15) is 90.4 Å². The number of carbonyl (C=O) groups excluding carboxylic acids is 1. The Balaban J connectivity index is 4.02. The summed E-state index contributed by atoms with van der Waals surface area (Å²) in [5, 5.41) is 31.3. The van der Waals surface area contributed by atoms with Crippen molar-refractivity contribution in [2.45, 2.75) is 109 Å². The molecule has 0 aromatic rings. The molecule has 0 aliphatic carbocycles. The van der Waals surface area contributed by atoms with Crippen LogP contribution in [0, 0.1) is 20.2 Å². The van der Waals surface area contributed by atoms with Crippen molar-refractivity contribution in [3.05, 3.63) is 20.2 Å². The minimum absolute atomic E-state index is 0.256. The van der Waals surface area contributed by atoms with E-state index in [2.05, 4.69) is 0 Å². The zero-order chi connectivity index (χ0) is 19.8. The molecule has 0 saturated heterocycles. The first kappa shape index (κ1) is 24.4. The van der Waals surface area contributed by atoms with E-state index in [0.29, 0.717) is 25.7 Å². The van der Waals surface area contributed by atoms with E-state index < -0.39 is 18.2 Å². The van der Waals surface area contributed by atoms with Crippen LogP contribution in [0.2, 0.25) is 0 Å². The maximum absolute atomic E-state index is 11.2. The summed E-state index contributed by atoms with van der Waals surface area (Å²) < 4.78 is 0. The number of aliphatic hydroxyl groups excluding tert-OH is 1. The van der Waals surface area contributed by atoms with Crippen LogP contribution in [-0.4, -0.2) is 39.4 Å². The average Bonchev–Trinajstić information content (AvgIpc) is 2.60. The third kappa shape index (κ3) is 12.7. The summed E-state index contributed by atoms with van der Waals surface area (Å²) in [5.74, 6) is 0. The molecule has 26 heavy (non-hydrogen) atoms. The van der Waals surface area contributed by atoms with Crippen LogP contribution in [0.3, 0.4) is 0 Å². The highest BCUT2D eigenvalue weighted by molar-refractivity contribution is 5.56. The van der Waals surface area contributed by atoms with Gasteiger partial charge < -0.3 is 5.11 Å². The molecule has 0 bridgehead atoms. The van der Waals surface area contributed by atoms with Crippen LogP contribution in [-0.2, 0) is 4.79 Å². The molecule has 0 rings (SSSR count). The third-order valence-corrected chi connectivity index (χ3v) is 4.72. The molecule has 1 N–H and O–H groups in total. The summed E-state index contributed by atoms with van der Waals surface area (Å²) in [7, 11) is 0. The fraction of sp³-hybridized carbons (Fsp3) is 0.944. The van der Waals surface area contributed by atoms with Gasteiger partial charge in [-0.05, 0) is 19.3 Å². The number of nitrogens with zero attached hydrogens (tertiary/aromatic N) is 2. The van der Waals surface area contributed by atoms with Crippen molar-refractivity contribution in [1.82, 2.24) is 0 Å². The minimum atomic E-state index is -1.01. The van der Waals surface area contributed by atoms with E-state index in [4.69, 9.17) is 5.11 Å². The third-order valence-electron chi connectivity index (χ3n) is 4.72. The van der Waals surface area contributed by atoms with Crippen LogP contribution < -0.4 is 0 Å². The maximum Gasteiger partial charge on any atom is 0.229 e. The van der Waals surface area contributed by atoms with E-state index in [0.717, 1.165) is 44.9 Å². The number of hydrogen-bond donors (Lipinski definition) is 1. The second-order valence-corrected chi connectivity index (χ2v) is 6.93. The van der Waals surface area contributed by atoms with Crippen molar-refractivity contribution < 1.29 is 19.7 Å². The standard InChI is InChI=1S/C18H33N2O6/c1-2-3-7-10-16(19(23)24)13-14-17(20(25)26)11-8-5-4-6-9-12-18(22)15-21/h16-18,22H,2-14H2,1H3. The van der Waals surface area contributed by atoms with E-state index in [1.165, 1.54) is 6.29 Å². The molecule has 0 fully saturated rings. The summed E-state index contributed by atoms with van der Waals surface area (Å²) in [4.78, 5) is 31.8. The molecule has 0 amide bonds. The van der Waals surface area contributed by atoms with E-state index >= 15 is 0 Å². The average molecular weight is 373 g/mol. The molecule has 0 aromatic heterocycles. The van der Waals surface area contributed by atoms with Gasteiger partial charge in [0.2, 0.25) is 18.4 Å². The van der Waals surface area contributed by atoms with Crippen LogP contribution in [0.15, 0.2) is 0 Å². The summed E-state index contributed by atoms with van der Waals surface area (Å²) in [6.07, 6.45) is 9.16. The Morgan fingerprint density at radius 3 is 1.62 bits per heavy atom. The van der Waals surface area contributed by atoms with Gasteiger partial charge in [0, 0.05) is 35.5 Å². The van der Waals surface area contributed by atoms with E-state index in [1.807, 2.05) is 6.92 Å². The number of rotatable bonds is 18. The van der Waals surface area contributed by atoms with Crippen LogP contribution in [0.4, 0.5) is 0 Å². The Bertz CT molecular complexity index is 405. The molecule has 8 heteroatoms. The first-order valence-electron chi connectivity index (χ1n) is 9.75. The number of unbranched alkanes of at least 4 members (excludes halogenated alkanes) is 6. The highest BCUT2D eigenvalue weighted by atomic mass is 16.6. The Morgan fingerprint density at radius 2 is 1.19 bits per heavy atom. The molecular weight excluding hydrogens is 340 g/mol. The molecule has 0 aliphatic rings. The predicted molar refractivity (Wildman–Crippen MR) is 99.0 cm³/mol. The van der Waals surface area contributed by atoms with Gasteiger partial charge in [0.15, 0.2) is 0 Å². The molecule has 3 unspecified atom stereocenters. The molecule has 8 nitrogen and oxygen atoms in total. The molecule has 1 radical (unpaired) electrons. The smallest absolute Gasteiger partial charge is 0.229 e. The minimum Gasteiger partial charge on any atom is -0.385 e. The molecule has 3 atom stereocenters. The Hall–Kier alpha value is -1.57. The van der Waals surface area contributed by atoms with Crippen molar-refractivity contribution in [3.63, 3.8) is 0 Å². The van der Waals surface area contributed by atoms with Crippen LogP contribution in [0.5, 0.6) is 0 Å². The first-order valence-corrected chi connectivity index (χ1v) is 9.75. The van der Waals surface area contributed by atoms with Gasteiger partial charge in [-0.1, -0.05) is 45.4 Å². The van der Waals surface area contributed by atoms with E-state index in [9.17, 15) is 25.0 Å². The molecule has 0 heterocycles. The fourth-order valence-electron chi connectivity index (χ4n) is 3.03.